The highest BCUT2D eigenvalue weighted by molar-refractivity contribution is 5.51. The topological polar surface area (TPSA) is 40.5 Å². The highest BCUT2D eigenvalue weighted by Crippen LogP contribution is 2.50. The molecule has 0 heterocycles. The van der Waals surface area contributed by atoms with Crippen molar-refractivity contribution in [3.8, 4) is 11.5 Å². The Balaban J connectivity index is 2.18. The van der Waals surface area contributed by atoms with Gasteiger partial charge in [0.25, 0.3) is 0 Å². The molecule has 22 heavy (non-hydrogen) atoms. The molecule has 0 atom stereocenters. The van der Waals surface area contributed by atoms with Gasteiger partial charge in [0.2, 0.25) is 0 Å². The van der Waals surface area contributed by atoms with Gasteiger partial charge in [-0.2, -0.15) is 0 Å². The molecule has 0 radical (unpaired) electrons. The van der Waals surface area contributed by atoms with Gasteiger partial charge in [-0.25, -0.2) is 0 Å². The van der Waals surface area contributed by atoms with E-state index in [0.717, 1.165) is 24.0 Å². The lowest BCUT2D eigenvalue weighted by molar-refractivity contribution is 0.244. The number of hydrogen-bond donors (Lipinski definition) is 2. The lowest BCUT2D eigenvalue weighted by atomic mass is 9.62. The van der Waals surface area contributed by atoms with Crippen molar-refractivity contribution in [1.29, 1.82) is 0 Å². The van der Waals surface area contributed by atoms with Crippen molar-refractivity contribution in [2.75, 3.05) is 0 Å². The molecule has 1 fully saturated rings. The molecule has 1 aliphatic carbocycles. The second-order valence-corrected chi connectivity index (χ2v) is 6.57. The Labute approximate surface area is 132 Å². The van der Waals surface area contributed by atoms with Gasteiger partial charge in [-0.15, -0.1) is 0 Å². The van der Waals surface area contributed by atoms with Crippen molar-refractivity contribution in [2.45, 2.75) is 44.4 Å². The molecular formula is C20H24O2. The third-order valence-corrected chi connectivity index (χ3v) is 5.35. The van der Waals surface area contributed by atoms with E-state index in [1.165, 1.54) is 19.3 Å². The Morgan fingerprint density at radius 1 is 0.773 bits per heavy atom. The molecule has 2 aromatic rings. The molecule has 0 spiro atoms. The van der Waals surface area contributed by atoms with Crippen LogP contribution in [0.2, 0.25) is 0 Å². The van der Waals surface area contributed by atoms with Crippen molar-refractivity contribution in [3.63, 3.8) is 0 Å². The van der Waals surface area contributed by atoms with Crippen LogP contribution in [0.15, 0.2) is 48.5 Å². The van der Waals surface area contributed by atoms with E-state index < -0.39 is 0 Å². The zero-order valence-corrected chi connectivity index (χ0v) is 13.1. The van der Waals surface area contributed by atoms with Gasteiger partial charge in [0, 0.05) is 16.5 Å². The first-order valence-electron chi connectivity index (χ1n) is 8.21. The fourth-order valence-corrected chi connectivity index (χ4v) is 4.09. The number of phenols is 2. The van der Waals surface area contributed by atoms with Crippen LogP contribution in [0.25, 0.3) is 0 Å². The van der Waals surface area contributed by atoms with E-state index in [4.69, 9.17) is 0 Å². The summed E-state index contributed by atoms with van der Waals surface area (Å²) in [5.74, 6) is 1.07. The van der Waals surface area contributed by atoms with E-state index in [1.807, 2.05) is 36.4 Å². The second kappa shape index (κ2) is 6.04. The van der Waals surface area contributed by atoms with Crippen LogP contribution in [-0.4, -0.2) is 10.2 Å². The van der Waals surface area contributed by atoms with Crippen molar-refractivity contribution in [3.05, 3.63) is 59.7 Å². The lowest BCUT2D eigenvalue weighted by Gasteiger charge is -2.41. The standard InChI is InChI=1S/C20H24O2/c1-20(15-9-3-2-4-10-15,16-11-5-7-13-18(16)21)17-12-6-8-14-19(17)22/h5-8,11-15,21-22H,2-4,9-10H2,1H3. The minimum absolute atomic E-state index is 0.318. The van der Waals surface area contributed by atoms with Crippen molar-refractivity contribution in [1.82, 2.24) is 0 Å². The summed E-state index contributed by atoms with van der Waals surface area (Å²) >= 11 is 0. The van der Waals surface area contributed by atoms with Crippen LogP contribution in [0.4, 0.5) is 0 Å². The van der Waals surface area contributed by atoms with E-state index >= 15 is 0 Å². The van der Waals surface area contributed by atoms with Crippen molar-refractivity contribution < 1.29 is 10.2 Å². The van der Waals surface area contributed by atoms with Crippen LogP contribution in [0, 0.1) is 5.92 Å². The molecule has 2 aromatic carbocycles. The maximum absolute atomic E-state index is 10.4. The van der Waals surface area contributed by atoms with E-state index in [-0.39, 0.29) is 5.41 Å². The average Bonchev–Trinajstić information content (AvgIpc) is 2.56. The van der Waals surface area contributed by atoms with Crippen LogP contribution in [0.5, 0.6) is 11.5 Å². The van der Waals surface area contributed by atoms with Crippen LogP contribution >= 0.6 is 0 Å². The molecule has 0 bridgehead atoms. The Hall–Kier alpha value is -1.96. The van der Waals surface area contributed by atoms with E-state index in [0.29, 0.717) is 17.4 Å². The molecule has 116 valence electrons. The first-order chi connectivity index (χ1) is 10.6. The van der Waals surface area contributed by atoms with Gasteiger partial charge in [0.15, 0.2) is 0 Å². The van der Waals surface area contributed by atoms with Crippen molar-refractivity contribution in [2.24, 2.45) is 5.92 Å². The number of para-hydroxylation sites is 2. The molecule has 0 aliphatic heterocycles. The van der Waals surface area contributed by atoms with Gasteiger partial charge >= 0.3 is 0 Å². The predicted molar refractivity (Wildman–Crippen MR) is 89.2 cm³/mol. The van der Waals surface area contributed by atoms with Crippen LogP contribution in [0.1, 0.15) is 50.2 Å². The fraction of sp³-hybridized carbons (Fsp3) is 0.400. The Morgan fingerprint density at radius 3 is 1.68 bits per heavy atom. The number of hydrogen-bond acceptors (Lipinski definition) is 2. The zero-order valence-electron chi connectivity index (χ0n) is 13.1. The van der Waals surface area contributed by atoms with Gasteiger partial charge in [0.05, 0.1) is 0 Å². The minimum Gasteiger partial charge on any atom is -0.508 e. The fourth-order valence-electron chi connectivity index (χ4n) is 4.09. The summed E-state index contributed by atoms with van der Waals surface area (Å²) < 4.78 is 0. The highest BCUT2D eigenvalue weighted by Gasteiger charge is 2.41. The van der Waals surface area contributed by atoms with E-state index in [2.05, 4.69) is 6.92 Å². The molecule has 0 saturated heterocycles. The van der Waals surface area contributed by atoms with Gasteiger partial charge in [-0.05, 0) is 30.9 Å². The highest BCUT2D eigenvalue weighted by atomic mass is 16.3. The van der Waals surface area contributed by atoms with E-state index in [9.17, 15) is 10.2 Å². The van der Waals surface area contributed by atoms with Crippen LogP contribution < -0.4 is 0 Å². The predicted octanol–water partition coefficient (Wildman–Crippen LogP) is 4.98. The molecule has 3 rings (SSSR count). The Morgan fingerprint density at radius 2 is 1.23 bits per heavy atom. The molecule has 2 heteroatoms. The third kappa shape index (κ3) is 2.47. The number of phenolic OH excluding ortho intramolecular Hbond substituents is 2. The van der Waals surface area contributed by atoms with Gasteiger partial charge in [-0.3, -0.25) is 0 Å². The number of rotatable bonds is 3. The largest absolute Gasteiger partial charge is 0.508 e. The quantitative estimate of drug-likeness (QED) is 0.838. The third-order valence-electron chi connectivity index (χ3n) is 5.35. The Kier molecular flexibility index (Phi) is 4.10. The summed E-state index contributed by atoms with van der Waals surface area (Å²) in [4.78, 5) is 0. The SMILES string of the molecule is CC(c1ccccc1O)(c1ccccc1O)C1CCCCC1. The number of benzene rings is 2. The normalized spacial score (nSPS) is 16.6. The van der Waals surface area contributed by atoms with Gasteiger partial charge < -0.3 is 10.2 Å². The molecule has 2 nitrogen and oxygen atoms in total. The summed E-state index contributed by atoms with van der Waals surface area (Å²) in [6.45, 7) is 2.17. The summed E-state index contributed by atoms with van der Waals surface area (Å²) in [5.41, 5.74) is 1.48. The van der Waals surface area contributed by atoms with Crippen molar-refractivity contribution >= 4 is 0 Å². The second-order valence-electron chi connectivity index (χ2n) is 6.57. The molecule has 0 unspecified atom stereocenters. The number of aromatic hydroxyl groups is 2. The molecule has 1 saturated carbocycles. The zero-order chi connectivity index (χ0) is 15.6. The average molecular weight is 296 g/mol. The van der Waals surface area contributed by atoms with Gasteiger partial charge in [0.1, 0.15) is 11.5 Å². The van der Waals surface area contributed by atoms with Gasteiger partial charge in [-0.1, -0.05) is 62.6 Å². The van der Waals surface area contributed by atoms with E-state index in [1.54, 1.807) is 12.1 Å². The first-order valence-corrected chi connectivity index (χ1v) is 8.21. The van der Waals surface area contributed by atoms with Crippen LogP contribution in [-0.2, 0) is 5.41 Å². The maximum Gasteiger partial charge on any atom is 0.119 e. The first kappa shape index (κ1) is 15.0. The van der Waals surface area contributed by atoms with Crippen LogP contribution in [0.3, 0.4) is 0 Å². The summed E-state index contributed by atoms with van der Waals surface area (Å²) in [7, 11) is 0. The molecule has 1 aliphatic rings. The lowest BCUT2D eigenvalue weighted by Crippen LogP contribution is -2.35. The minimum atomic E-state index is -0.364. The molecular weight excluding hydrogens is 272 g/mol. The Bertz CT molecular complexity index is 596. The summed E-state index contributed by atoms with van der Waals surface area (Å²) in [5, 5.41) is 20.9. The molecule has 0 aromatic heterocycles. The molecule has 0 amide bonds. The molecule has 2 N–H and O–H groups in total. The summed E-state index contributed by atoms with van der Waals surface area (Å²) in [6.07, 6.45) is 6.01. The maximum atomic E-state index is 10.4. The monoisotopic (exact) mass is 296 g/mol. The smallest absolute Gasteiger partial charge is 0.119 e. The summed E-state index contributed by atoms with van der Waals surface area (Å²) in [6, 6.07) is 15.1.